The Labute approximate surface area is 152 Å². The minimum absolute atomic E-state index is 0.900. The highest BCUT2D eigenvalue weighted by Gasteiger charge is 2.23. The van der Waals surface area contributed by atoms with Crippen LogP contribution in [0.3, 0.4) is 0 Å². The number of hydrogen-bond donors (Lipinski definition) is 0. The molecule has 25 heavy (non-hydrogen) atoms. The molecule has 0 saturated carbocycles. The fraction of sp³-hybridized carbons (Fsp3) is 0.300. The number of aryl methyl sites for hydroxylation is 1. The van der Waals surface area contributed by atoms with Gasteiger partial charge in [-0.25, -0.2) is 9.97 Å². The number of nitrogens with zero attached hydrogens (tertiary/aromatic N) is 4. The van der Waals surface area contributed by atoms with E-state index >= 15 is 0 Å². The second-order valence-electron chi connectivity index (χ2n) is 6.48. The monoisotopic (exact) mass is 350 g/mol. The SMILES string of the molecule is CN(C)c1ccccc1CSc1nc2c(n1-c1ccccn1)CCC2. The molecule has 0 N–H and O–H groups in total. The van der Waals surface area contributed by atoms with Crippen LogP contribution in [0.1, 0.15) is 23.4 Å². The molecule has 0 bridgehead atoms. The quantitative estimate of drug-likeness (QED) is 0.649. The number of rotatable bonds is 5. The maximum atomic E-state index is 4.93. The van der Waals surface area contributed by atoms with E-state index in [9.17, 15) is 0 Å². The van der Waals surface area contributed by atoms with Crippen molar-refractivity contribution in [3.63, 3.8) is 0 Å². The number of pyridine rings is 1. The minimum atomic E-state index is 0.900. The lowest BCUT2D eigenvalue weighted by molar-refractivity contribution is 0.770. The van der Waals surface area contributed by atoms with Crippen molar-refractivity contribution < 1.29 is 0 Å². The van der Waals surface area contributed by atoms with Gasteiger partial charge in [-0.3, -0.25) is 4.57 Å². The molecule has 5 heteroatoms. The molecule has 2 aromatic heterocycles. The topological polar surface area (TPSA) is 34.0 Å². The van der Waals surface area contributed by atoms with Crippen molar-refractivity contribution in [1.29, 1.82) is 0 Å². The maximum absolute atomic E-state index is 4.93. The van der Waals surface area contributed by atoms with Crippen LogP contribution in [0.2, 0.25) is 0 Å². The van der Waals surface area contributed by atoms with E-state index in [1.165, 1.54) is 29.1 Å². The lowest BCUT2D eigenvalue weighted by Crippen LogP contribution is -2.10. The molecule has 0 spiro atoms. The summed E-state index contributed by atoms with van der Waals surface area (Å²) < 4.78 is 2.26. The molecule has 2 heterocycles. The number of hydrogen-bond acceptors (Lipinski definition) is 4. The molecule has 3 aromatic rings. The Bertz CT molecular complexity index is 871. The molecule has 0 amide bonds. The van der Waals surface area contributed by atoms with E-state index in [2.05, 4.69) is 58.9 Å². The summed E-state index contributed by atoms with van der Waals surface area (Å²) in [6, 6.07) is 14.6. The molecule has 128 valence electrons. The van der Waals surface area contributed by atoms with Crippen molar-refractivity contribution >= 4 is 17.4 Å². The summed E-state index contributed by atoms with van der Waals surface area (Å²) in [5.41, 5.74) is 5.17. The standard InChI is InChI=1S/C20H22N4S/c1-23(2)17-10-4-3-8-15(17)14-25-20-22-16-9-7-11-18(16)24(20)19-12-5-6-13-21-19/h3-6,8,10,12-13H,7,9,11,14H2,1-2H3. The zero-order valence-electron chi connectivity index (χ0n) is 14.6. The number of imidazole rings is 1. The molecule has 0 radical (unpaired) electrons. The molecular formula is C20H22N4S. The van der Waals surface area contributed by atoms with E-state index in [4.69, 9.17) is 4.98 Å². The van der Waals surface area contributed by atoms with E-state index in [1.54, 1.807) is 11.8 Å². The largest absolute Gasteiger partial charge is 0.377 e. The molecule has 1 aliphatic rings. The van der Waals surface area contributed by atoms with Crippen LogP contribution >= 0.6 is 11.8 Å². The third-order valence-corrected chi connectivity index (χ3v) is 5.55. The van der Waals surface area contributed by atoms with Crippen LogP contribution in [0.5, 0.6) is 0 Å². The molecule has 0 atom stereocenters. The molecule has 4 nitrogen and oxygen atoms in total. The van der Waals surface area contributed by atoms with Gasteiger partial charge in [0.05, 0.1) is 5.69 Å². The van der Waals surface area contributed by atoms with Crippen molar-refractivity contribution in [2.24, 2.45) is 0 Å². The van der Waals surface area contributed by atoms with Crippen LogP contribution < -0.4 is 4.90 Å². The zero-order valence-corrected chi connectivity index (χ0v) is 15.5. The highest BCUT2D eigenvalue weighted by Crippen LogP contribution is 2.33. The van der Waals surface area contributed by atoms with Crippen LogP contribution in [0.25, 0.3) is 5.82 Å². The normalized spacial score (nSPS) is 13.0. The van der Waals surface area contributed by atoms with Gasteiger partial charge in [0.1, 0.15) is 5.82 Å². The molecule has 0 aliphatic heterocycles. The van der Waals surface area contributed by atoms with Gasteiger partial charge in [0.2, 0.25) is 0 Å². The summed E-state index contributed by atoms with van der Waals surface area (Å²) in [7, 11) is 4.18. The van der Waals surface area contributed by atoms with Crippen molar-refractivity contribution in [3.8, 4) is 5.82 Å². The predicted molar refractivity (Wildman–Crippen MR) is 104 cm³/mol. The summed E-state index contributed by atoms with van der Waals surface area (Å²) in [6.07, 6.45) is 5.22. The van der Waals surface area contributed by atoms with E-state index in [0.717, 1.165) is 29.6 Å². The Hall–Kier alpha value is -2.27. The Morgan fingerprint density at radius 2 is 1.92 bits per heavy atom. The van der Waals surface area contributed by atoms with Crippen LogP contribution in [0.15, 0.2) is 53.8 Å². The molecule has 1 aromatic carbocycles. The average molecular weight is 350 g/mol. The van der Waals surface area contributed by atoms with Crippen molar-refractivity contribution in [2.45, 2.75) is 30.2 Å². The molecule has 0 fully saturated rings. The molecule has 4 rings (SSSR count). The fourth-order valence-corrected chi connectivity index (χ4v) is 4.42. The maximum Gasteiger partial charge on any atom is 0.174 e. The van der Waals surface area contributed by atoms with Gasteiger partial charge in [0.15, 0.2) is 5.16 Å². The van der Waals surface area contributed by atoms with E-state index in [0.29, 0.717) is 0 Å². The van der Waals surface area contributed by atoms with Crippen LogP contribution in [0.4, 0.5) is 5.69 Å². The molecule has 0 unspecified atom stereocenters. The number of para-hydroxylation sites is 1. The Kier molecular flexibility index (Phi) is 4.49. The van der Waals surface area contributed by atoms with Gasteiger partial charge in [-0.1, -0.05) is 36.0 Å². The third kappa shape index (κ3) is 3.16. The predicted octanol–water partition coefficient (Wildman–Crippen LogP) is 4.11. The van der Waals surface area contributed by atoms with Gasteiger partial charge in [-0.2, -0.15) is 0 Å². The lowest BCUT2D eigenvalue weighted by Gasteiger charge is -2.17. The van der Waals surface area contributed by atoms with Gasteiger partial charge in [0, 0.05) is 37.4 Å². The van der Waals surface area contributed by atoms with E-state index in [1.807, 2.05) is 18.3 Å². The number of anilines is 1. The summed E-state index contributed by atoms with van der Waals surface area (Å²) in [5, 5.41) is 1.05. The number of benzene rings is 1. The highest BCUT2D eigenvalue weighted by molar-refractivity contribution is 7.98. The van der Waals surface area contributed by atoms with E-state index < -0.39 is 0 Å². The van der Waals surface area contributed by atoms with Crippen molar-refractivity contribution in [3.05, 3.63) is 65.6 Å². The van der Waals surface area contributed by atoms with Crippen LogP contribution in [-0.2, 0) is 18.6 Å². The molecule has 0 saturated heterocycles. The van der Waals surface area contributed by atoms with Crippen LogP contribution in [-0.4, -0.2) is 28.6 Å². The van der Waals surface area contributed by atoms with Gasteiger partial charge < -0.3 is 4.90 Å². The third-order valence-electron chi connectivity index (χ3n) is 4.56. The lowest BCUT2D eigenvalue weighted by atomic mass is 10.2. The van der Waals surface area contributed by atoms with Crippen LogP contribution in [0, 0.1) is 0 Å². The second-order valence-corrected chi connectivity index (χ2v) is 7.42. The number of thioether (sulfide) groups is 1. The smallest absolute Gasteiger partial charge is 0.174 e. The summed E-state index contributed by atoms with van der Waals surface area (Å²) >= 11 is 1.80. The minimum Gasteiger partial charge on any atom is -0.377 e. The first-order valence-electron chi connectivity index (χ1n) is 8.64. The summed E-state index contributed by atoms with van der Waals surface area (Å²) in [5.74, 6) is 1.87. The van der Waals surface area contributed by atoms with Crippen molar-refractivity contribution in [2.75, 3.05) is 19.0 Å². The highest BCUT2D eigenvalue weighted by atomic mass is 32.2. The summed E-state index contributed by atoms with van der Waals surface area (Å²) in [4.78, 5) is 11.7. The number of fused-ring (bicyclic) bond motifs is 1. The first-order chi connectivity index (χ1) is 12.2. The fourth-order valence-electron chi connectivity index (χ4n) is 3.38. The number of aromatic nitrogens is 3. The van der Waals surface area contributed by atoms with Gasteiger partial charge in [-0.15, -0.1) is 0 Å². The second kappa shape index (κ2) is 6.92. The Morgan fingerprint density at radius 1 is 1.08 bits per heavy atom. The van der Waals surface area contributed by atoms with Gasteiger partial charge in [0.25, 0.3) is 0 Å². The average Bonchev–Trinajstić information content (AvgIpc) is 3.21. The van der Waals surface area contributed by atoms with Gasteiger partial charge >= 0.3 is 0 Å². The molecule has 1 aliphatic carbocycles. The Morgan fingerprint density at radius 3 is 2.72 bits per heavy atom. The first-order valence-corrected chi connectivity index (χ1v) is 9.62. The molecular weight excluding hydrogens is 328 g/mol. The van der Waals surface area contributed by atoms with Gasteiger partial charge in [-0.05, 0) is 43.0 Å². The summed E-state index contributed by atoms with van der Waals surface area (Å²) in [6.45, 7) is 0. The van der Waals surface area contributed by atoms with E-state index in [-0.39, 0.29) is 0 Å². The first kappa shape index (κ1) is 16.2. The van der Waals surface area contributed by atoms with Crippen molar-refractivity contribution in [1.82, 2.24) is 14.5 Å². The Balaban J connectivity index is 1.66. The zero-order chi connectivity index (χ0) is 17.2.